The minimum atomic E-state index is 0.710. The van der Waals surface area contributed by atoms with E-state index in [1.807, 2.05) is 6.20 Å². The molecule has 0 aliphatic carbocycles. The second-order valence-electron chi connectivity index (χ2n) is 6.04. The summed E-state index contributed by atoms with van der Waals surface area (Å²) in [6.45, 7) is 3.65. The van der Waals surface area contributed by atoms with Crippen molar-refractivity contribution in [1.82, 2.24) is 29.9 Å². The number of benzene rings is 1. The molecular formula is C17H16N8. The molecule has 1 aliphatic rings. The van der Waals surface area contributed by atoms with Crippen molar-refractivity contribution in [1.29, 1.82) is 0 Å². The van der Waals surface area contributed by atoms with E-state index in [1.165, 1.54) is 5.69 Å². The summed E-state index contributed by atoms with van der Waals surface area (Å²) in [5.74, 6) is 0.925. The summed E-state index contributed by atoms with van der Waals surface area (Å²) in [5, 5.41) is 1.07. The van der Waals surface area contributed by atoms with Crippen LogP contribution in [-0.4, -0.2) is 56.1 Å². The fraction of sp³-hybridized carbons (Fsp3) is 0.235. The molecule has 124 valence electrons. The van der Waals surface area contributed by atoms with Crippen molar-refractivity contribution >= 4 is 33.6 Å². The number of fused-ring (bicyclic) bond motifs is 2. The predicted molar refractivity (Wildman–Crippen MR) is 95.6 cm³/mol. The number of rotatable bonds is 2. The molecule has 25 heavy (non-hydrogen) atoms. The van der Waals surface area contributed by atoms with E-state index in [-0.39, 0.29) is 0 Å². The maximum atomic E-state index is 4.45. The van der Waals surface area contributed by atoms with Crippen molar-refractivity contribution < 1.29 is 0 Å². The van der Waals surface area contributed by atoms with Crippen LogP contribution >= 0.6 is 0 Å². The third-order valence-electron chi connectivity index (χ3n) is 4.64. The molecule has 0 saturated carbocycles. The molecule has 4 heterocycles. The second-order valence-corrected chi connectivity index (χ2v) is 6.04. The Labute approximate surface area is 143 Å². The van der Waals surface area contributed by atoms with E-state index in [1.54, 1.807) is 19.0 Å². The molecule has 0 unspecified atom stereocenters. The molecule has 4 aromatic rings. The summed E-state index contributed by atoms with van der Waals surface area (Å²) in [7, 11) is 0. The van der Waals surface area contributed by atoms with Gasteiger partial charge in [-0.15, -0.1) is 0 Å². The van der Waals surface area contributed by atoms with Gasteiger partial charge in [-0.1, -0.05) is 0 Å². The molecule has 1 aromatic carbocycles. The Bertz CT molecular complexity index is 1030. The molecule has 0 bridgehead atoms. The first-order valence-electron chi connectivity index (χ1n) is 8.22. The SMILES string of the molecule is c1ncc2cc(N3CCN(c4ncnc5nc[nH]c45)CC3)ccc2n1. The molecule has 5 rings (SSSR count). The van der Waals surface area contributed by atoms with Gasteiger partial charge in [0.15, 0.2) is 11.5 Å². The van der Waals surface area contributed by atoms with Crippen LogP contribution in [0.4, 0.5) is 11.5 Å². The largest absolute Gasteiger partial charge is 0.368 e. The summed E-state index contributed by atoms with van der Waals surface area (Å²) < 4.78 is 0. The number of aromatic nitrogens is 6. The maximum absolute atomic E-state index is 4.45. The molecule has 8 heteroatoms. The van der Waals surface area contributed by atoms with Gasteiger partial charge in [0, 0.05) is 43.4 Å². The minimum Gasteiger partial charge on any atom is -0.368 e. The number of hydrogen-bond acceptors (Lipinski definition) is 7. The minimum absolute atomic E-state index is 0.710. The fourth-order valence-corrected chi connectivity index (χ4v) is 3.34. The van der Waals surface area contributed by atoms with Gasteiger partial charge in [0.1, 0.15) is 18.2 Å². The molecule has 3 aromatic heterocycles. The highest BCUT2D eigenvalue weighted by atomic mass is 15.3. The quantitative estimate of drug-likeness (QED) is 0.597. The topological polar surface area (TPSA) is 86.7 Å². The monoisotopic (exact) mass is 332 g/mol. The summed E-state index contributed by atoms with van der Waals surface area (Å²) in [4.78, 5) is 29.0. The summed E-state index contributed by atoms with van der Waals surface area (Å²) in [6.07, 6.45) is 6.68. The molecule has 8 nitrogen and oxygen atoms in total. The van der Waals surface area contributed by atoms with Crippen molar-refractivity contribution in [2.24, 2.45) is 0 Å². The predicted octanol–water partition coefficient (Wildman–Crippen LogP) is 1.62. The van der Waals surface area contributed by atoms with E-state index in [0.29, 0.717) is 5.65 Å². The van der Waals surface area contributed by atoms with Crippen molar-refractivity contribution in [2.75, 3.05) is 36.0 Å². The van der Waals surface area contributed by atoms with Crippen molar-refractivity contribution in [2.45, 2.75) is 0 Å². The molecule has 1 saturated heterocycles. The van der Waals surface area contributed by atoms with Crippen molar-refractivity contribution in [3.8, 4) is 0 Å². The lowest BCUT2D eigenvalue weighted by Crippen LogP contribution is -2.47. The Morgan fingerprint density at radius 2 is 1.76 bits per heavy atom. The zero-order valence-corrected chi connectivity index (χ0v) is 13.5. The highest BCUT2D eigenvalue weighted by molar-refractivity contribution is 5.83. The van der Waals surface area contributed by atoms with Gasteiger partial charge in [-0.05, 0) is 18.2 Å². The molecule has 0 radical (unpaired) electrons. The van der Waals surface area contributed by atoms with Gasteiger partial charge in [-0.25, -0.2) is 24.9 Å². The highest BCUT2D eigenvalue weighted by Gasteiger charge is 2.21. The Balaban J connectivity index is 1.37. The number of piperazine rings is 1. The Morgan fingerprint density at radius 3 is 2.68 bits per heavy atom. The zero-order valence-electron chi connectivity index (χ0n) is 13.5. The average Bonchev–Trinajstić information content (AvgIpc) is 3.17. The first kappa shape index (κ1) is 14.1. The Hall–Kier alpha value is -3.29. The van der Waals surface area contributed by atoms with E-state index < -0.39 is 0 Å². The van der Waals surface area contributed by atoms with E-state index in [4.69, 9.17) is 0 Å². The van der Waals surface area contributed by atoms with Crippen LogP contribution in [0.3, 0.4) is 0 Å². The van der Waals surface area contributed by atoms with E-state index >= 15 is 0 Å². The molecular weight excluding hydrogens is 316 g/mol. The summed E-state index contributed by atoms with van der Waals surface area (Å²) in [5.41, 5.74) is 3.79. The van der Waals surface area contributed by atoms with Gasteiger partial charge in [0.25, 0.3) is 0 Å². The van der Waals surface area contributed by atoms with Gasteiger partial charge in [0.05, 0.1) is 11.8 Å². The standard InChI is InChI=1S/C17H16N8/c1-2-14-12(8-18-9-19-14)7-13(1)24-3-5-25(6-4-24)17-15-16(21-10-20-15)22-11-23-17/h1-2,7-11H,3-6H2,(H,20,21,22,23). The van der Waals surface area contributed by atoms with Gasteiger partial charge in [-0.3, -0.25) is 0 Å². The lowest BCUT2D eigenvalue weighted by atomic mass is 10.2. The second kappa shape index (κ2) is 5.66. The first-order valence-corrected chi connectivity index (χ1v) is 8.22. The van der Waals surface area contributed by atoms with Gasteiger partial charge in [-0.2, -0.15) is 0 Å². The van der Waals surface area contributed by atoms with Crippen LogP contribution in [0.2, 0.25) is 0 Å². The summed E-state index contributed by atoms with van der Waals surface area (Å²) in [6, 6.07) is 6.34. The lowest BCUT2D eigenvalue weighted by Gasteiger charge is -2.36. The van der Waals surface area contributed by atoms with Crippen LogP contribution in [-0.2, 0) is 0 Å². The normalized spacial score (nSPS) is 15.2. The van der Waals surface area contributed by atoms with Crippen molar-refractivity contribution in [3.05, 3.63) is 43.4 Å². The Kier molecular flexibility index (Phi) is 3.19. The molecule has 1 aliphatic heterocycles. The third kappa shape index (κ3) is 2.42. The van der Waals surface area contributed by atoms with Gasteiger partial charge in [0.2, 0.25) is 0 Å². The number of nitrogens with zero attached hydrogens (tertiary/aromatic N) is 7. The van der Waals surface area contributed by atoms with Crippen LogP contribution in [0.5, 0.6) is 0 Å². The fourth-order valence-electron chi connectivity index (χ4n) is 3.34. The molecule has 0 atom stereocenters. The number of anilines is 2. The number of aromatic amines is 1. The number of nitrogens with one attached hydrogen (secondary N) is 1. The Morgan fingerprint density at radius 1 is 0.880 bits per heavy atom. The summed E-state index contributed by atoms with van der Waals surface area (Å²) >= 11 is 0. The lowest BCUT2D eigenvalue weighted by molar-refractivity contribution is 0.648. The van der Waals surface area contributed by atoms with Crippen LogP contribution in [0.25, 0.3) is 22.1 Å². The number of imidazole rings is 1. The van der Waals surface area contributed by atoms with E-state index in [9.17, 15) is 0 Å². The third-order valence-corrected chi connectivity index (χ3v) is 4.64. The molecule has 1 N–H and O–H groups in total. The first-order chi connectivity index (χ1) is 12.4. The van der Waals surface area contributed by atoms with Crippen LogP contribution in [0.15, 0.2) is 43.4 Å². The van der Waals surface area contributed by atoms with Crippen LogP contribution in [0.1, 0.15) is 0 Å². The van der Waals surface area contributed by atoms with Gasteiger partial charge < -0.3 is 14.8 Å². The zero-order chi connectivity index (χ0) is 16.6. The van der Waals surface area contributed by atoms with E-state index in [2.05, 4.69) is 57.9 Å². The smallest absolute Gasteiger partial charge is 0.182 e. The van der Waals surface area contributed by atoms with Crippen LogP contribution < -0.4 is 9.80 Å². The molecule has 0 spiro atoms. The number of hydrogen-bond donors (Lipinski definition) is 1. The molecule has 0 amide bonds. The average molecular weight is 332 g/mol. The van der Waals surface area contributed by atoms with Crippen molar-refractivity contribution in [3.63, 3.8) is 0 Å². The molecule has 1 fully saturated rings. The number of H-pyrrole nitrogens is 1. The van der Waals surface area contributed by atoms with Gasteiger partial charge >= 0.3 is 0 Å². The highest BCUT2D eigenvalue weighted by Crippen LogP contribution is 2.24. The van der Waals surface area contributed by atoms with Crippen LogP contribution in [0, 0.1) is 0 Å². The van der Waals surface area contributed by atoms with E-state index in [0.717, 1.165) is 48.4 Å². The maximum Gasteiger partial charge on any atom is 0.182 e.